The average molecular weight is 232 g/mol. The summed E-state index contributed by atoms with van der Waals surface area (Å²) < 4.78 is 47.1. The Morgan fingerprint density at radius 1 is 1.31 bits per heavy atom. The van der Waals surface area contributed by atoms with Gasteiger partial charge in [-0.15, -0.1) is 0 Å². The Balaban J connectivity index is 2.31. The number of carbonyl (C=O) groups excluding carboxylic acids is 1. The Morgan fingerprint density at radius 3 is 2.69 bits per heavy atom. The highest BCUT2D eigenvalue weighted by Gasteiger charge is 2.32. The summed E-state index contributed by atoms with van der Waals surface area (Å²) >= 11 is 0. The molecule has 1 unspecified atom stereocenters. The number of ether oxygens (including phenoxy) is 2. The third-order valence-electron chi connectivity index (χ3n) is 2.10. The molecule has 0 aromatic heterocycles. The van der Waals surface area contributed by atoms with Crippen molar-refractivity contribution in [3.63, 3.8) is 0 Å². The Bertz CT molecular complexity index is 414. The minimum atomic E-state index is -4.42. The number of alkyl halides is 3. The van der Waals surface area contributed by atoms with Crippen molar-refractivity contribution >= 4 is 6.29 Å². The van der Waals surface area contributed by atoms with Crippen LogP contribution < -0.4 is 9.47 Å². The van der Waals surface area contributed by atoms with Crippen LogP contribution in [0.25, 0.3) is 0 Å². The number of benzene rings is 1. The summed E-state index contributed by atoms with van der Waals surface area (Å²) in [5.74, 6) is 0.157. The predicted molar refractivity (Wildman–Crippen MR) is 47.4 cm³/mol. The van der Waals surface area contributed by atoms with Crippen LogP contribution in [0.1, 0.15) is 5.56 Å². The van der Waals surface area contributed by atoms with Crippen molar-refractivity contribution in [2.75, 3.05) is 6.61 Å². The van der Waals surface area contributed by atoms with Gasteiger partial charge in [0.05, 0.1) is 5.56 Å². The molecular weight excluding hydrogens is 225 g/mol. The number of carbonyl (C=O) groups is 1. The maximum absolute atomic E-state index is 12.3. The lowest BCUT2D eigenvalue weighted by Crippen LogP contribution is -2.30. The number of hydrogen-bond donors (Lipinski definition) is 0. The second-order valence-corrected chi connectivity index (χ2v) is 3.26. The largest absolute Gasteiger partial charge is 0.485 e. The number of rotatable bonds is 1. The molecule has 1 aromatic carbocycles. The second-order valence-electron chi connectivity index (χ2n) is 3.26. The van der Waals surface area contributed by atoms with Gasteiger partial charge in [0, 0.05) is 0 Å². The molecule has 1 aliphatic rings. The Hall–Kier alpha value is -1.72. The first-order valence-corrected chi connectivity index (χ1v) is 4.46. The molecule has 6 heteroatoms. The molecule has 86 valence electrons. The first-order valence-electron chi connectivity index (χ1n) is 4.46. The number of halogens is 3. The van der Waals surface area contributed by atoms with Crippen LogP contribution in [0.4, 0.5) is 13.2 Å². The van der Waals surface area contributed by atoms with Crippen LogP contribution in [-0.2, 0) is 11.0 Å². The lowest BCUT2D eigenvalue weighted by atomic mass is 10.2. The van der Waals surface area contributed by atoms with Crippen LogP contribution in [0.15, 0.2) is 18.2 Å². The van der Waals surface area contributed by atoms with Gasteiger partial charge in [0.1, 0.15) is 6.61 Å². The molecule has 1 atom stereocenters. The third kappa shape index (κ3) is 1.95. The Morgan fingerprint density at radius 2 is 2.06 bits per heavy atom. The number of aldehydes is 1. The molecule has 0 spiro atoms. The second kappa shape index (κ2) is 3.70. The van der Waals surface area contributed by atoms with Gasteiger partial charge in [-0.05, 0) is 18.2 Å². The Labute approximate surface area is 88.8 Å². The summed E-state index contributed by atoms with van der Waals surface area (Å²) in [6.45, 7) is -0.0716. The van der Waals surface area contributed by atoms with E-state index in [4.69, 9.17) is 9.47 Å². The zero-order chi connectivity index (χ0) is 11.8. The molecule has 0 saturated heterocycles. The fourth-order valence-corrected chi connectivity index (χ4v) is 1.33. The van der Waals surface area contributed by atoms with Gasteiger partial charge in [0.15, 0.2) is 23.9 Å². The van der Waals surface area contributed by atoms with E-state index in [2.05, 4.69) is 0 Å². The van der Waals surface area contributed by atoms with Crippen LogP contribution in [-0.4, -0.2) is 19.0 Å². The zero-order valence-electron chi connectivity index (χ0n) is 7.95. The fraction of sp³-hybridized carbons (Fsp3) is 0.300. The van der Waals surface area contributed by atoms with E-state index in [0.29, 0.717) is 6.29 Å². The van der Waals surface area contributed by atoms with Crippen molar-refractivity contribution in [1.82, 2.24) is 0 Å². The molecule has 0 fully saturated rings. The summed E-state index contributed by atoms with van der Waals surface area (Å²) in [7, 11) is 0. The summed E-state index contributed by atoms with van der Waals surface area (Å²) in [4.78, 5) is 10.4. The number of hydrogen-bond acceptors (Lipinski definition) is 3. The van der Waals surface area contributed by atoms with Crippen LogP contribution in [0, 0.1) is 0 Å². The highest BCUT2D eigenvalue weighted by Crippen LogP contribution is 2.38. The smallest absolute Gasteiger partial charge is 0.416 e. The van der Waals surface area contributed by atoms with E-state index in [-0.39, 0.29) is 18.1 Å². The topological polar surface area (TPSA) is 35.5 Å². The fourth-order valence-electron chi connectivity index (χ4n) is 1.33. The molecule has 0 N–H and O–H groups in total. The Kier molecular flexibility index (Phi) is 2.49. The highest BCUT2D eigenvalue weighted by molar-refractivity contribution is 5.59. The highest BCUT2D eigenvalue weighted by atomic mass is 19.4. The van der Waals surface area contributed by atoms with E-state index in [1.807, 2.05) is 0 Å². The van der Waals surface area contributed by atoms with Crippen molar-refractivity contribution < 1.29 is 27.4 Å². The predicted octanol–water partition coefficient (Wildman–Crippen LogP) is 2.04. The third-order valence-corrected chi connectivity index (χ3v) is 2.10. The van der Waals surface area contributed by atoms with Crippen LogP contribution >= 0.6 is 0 Å². The summed E-state index contributed by atoms with van der Waals surface area (Å²) in [5, 5.41) is 0. The first-order chi connectivity index (χ1) is 7.50. The first kappa shape index (κ1) is 10.8. The van der Waals surface area contributed by atoms with Crippen molar-refractivity contribution in [3.8, 4) is 11.5 Å². The molecule has 1 aliphatic heterocycles. The lowest BCUT2D eigenvalue weighted by Gasteiger charge is -2.23. The van der Waals surface area contributed by atoms with E-state index in [1.165, 1.54) is 0 Å². The quantitative estimate of drug-likeness (QED) is 0.695. The molecule has 0 radical (unpaired) electrons. The van der Waals surface area contributed by atoms with Gasteiger partial charge in [0.25, 0.3) is 0 Å². The maximum atomic E-state index is 12.3. The van der Waals surface area contributed by atoms with Gasteiger partial charge >= 0.3 is 6.18 Å². The molecule has 0 bridgehead atoms. The molecule has 3 nitrogen and oxygen atoms in total. The SMILES string of the molecule is O=CC1COc2cc(C(F)(F)F)ccc2O1. The molecule has 0 aliphatic carbocycles. The summed E-state index contributed by atoms with van der Waals surface area (Å²) in [6.07, 6.45) is -4.63. The van der Waals surface area contributed by atoms with Gasteiger partial charge in [-0.2, -0.15) is 13.2 Å². The molecular formula is C10H7F3O3. The molecule has 1 heterocycles. The summed E-state index contributed by atoms with van der Waals surface area (Å²) in [5.41, 5.74) is -0.806. The summed E-state index contributed by atoms with van der Waals surface area (Å²) in [6, 6.07) is 2.89. The minimum Gasteiger partial charge on any atom is -0.485 e. The van der Waals surface area contributed by atoms with Crippen molar-refractivity contribution in [2.24, 2.45) is 0 Å². The van der Waals surface area contributed by atoms with E-state index in [9.17, 15) is 18.0 Å². The molecule has 16 heavy (non-hydrogen) atoms. The van der Waals surface area contributed by atoms with Gasteiger partial charge in [-0.25, -0.2) is 0 Å². The lowest BCUT2D eigenvalue weighted by molar-refractivity contribution is -0.137. The van der Waals surface area contributed by atoms with Crippen LogP contribution in [0.2, 0.25) is 0 Å². The van der Waals surface area contributed by atoms with E-state index in [0.717, 1.165) is 18.2 Å². The maximum Gasteiger partial charge on any atom is 0.416 e. The van der Waals surface area contributed by atoms with Gasteiger partial charge < -0.3 is 9.47 Å². The van der Waals surface area contributed by atoms with Crippen LogP contribution in [0.5, 0.6) is 11.5 Å². The molecule has 2 rings (SSSR count). The van der Waals surface area contributed by atoms with Crippen molar-refractivity contribution in [1.29, 1.82) is 0 Å². The monoisotopic (exact) mass is 232 g/mol. The van der Waals surface area contributed by atoms with E-state index in [1.54, 1.807) is 0 Å². The van der Waals surface area contributed by atoms with E-state index < -0.39 is 17.8 Å². The molecule has 0 amide bonds. The van der Waals surface area contributed by atoms with Crippen molar-refractivity contribution in [2.45, 2.75) is 12.3 Å². The van der Waals surface area contributed by atoms with Crippen molar-refractivity contribution in [3.05, 3.63) is 23.8 Å². The van der Waals surface area contributed by atoms with Crippen LogP contribution in [0.3, 0.4) is 0 Å². The van der Waals surface area contributed by atoms with E-state index >= 15 is 0 Å². The zero-order valence-corrected chi connectivity index (χ0v) is 7.95. The normalized spacial score (nSPS) is 19.3. The van der Waals surface area contributed by atoms with Gasteiger partial charge in [0.2, 0.25) is 0 Å². The minimum absolute atomic E-state index is 0.00734. The van der Waals surface area contributed by atoms with Gasteiger partial charge in [-0.3, -0.25) is 4.79 Å². The average Bonchev–Trinajstić information content (AvgIpc) is 2.26. The molecule has 0 saturated carbocycles. The molecule has 1 aromatic rings. The number of fused-ring (bicyclic) bond motifs is 1. The standard InChI is InChI=1S/C10H7F3O3/c11-10(12,13)6-1-2-8-9(3-6)15-5-7(4-14)16-8/h1-4,7H,5H2. The van der Waals surface area contributed by atoms with Gasteiger partial charge in [-0.1, -0.05) is 0 Å².